The Hall–Kier alpha value is -0.820. The van der Waals surface area contributed by atoms with Gasteiger partial charge in [-0.15, -0.1) is 0 Å². The van der Waals surface area contributed by atoms with Crippen molar-refractivity contribution < 1.29 is 14.2 Å². The normalized spacial score (nSPS) is 23.4. The Labute approximate surface area is 173 Å². The molecule has 4 nitrogen and oxygen atoms in total. The minimum Gasteiger partial charge on any atom is -0.501 e. The van der Waals surface area contributed by atoms with Gasteiger partial charge in [0.1, 0.15) is 5.76 Å². The highest BCUT2D eigenvalue weighted by Gasteiger charge is 2.25. The molecule has 0 bridgehead atoms. The number of nitrogens with two attached hydrogens (primary N) is 1. The van der Waals surface area contributed by atoms with Crippen LogP contribution < -0.4 is 5.73 Å². The minimum absolute atomic E-state index is 0.0457. The third-order valence-electron chi connectivity index (χ3n) is 4.78. The van der Waals surface area contributed by atoms with E-state index >= 15 is 0 Å². The van der Waals surface area contributed by atoms with Gasteiger partial charge in [-0.2, -0.15) is 0 Å². The Kier molecular flexibility index (Phi) is 11.3. The smallest absolute Gasteiger partial charge is 0.121 e. The SMILES string of the molecule is COC(C)=CC=C(C)C(C)CSSCC(N)C1=CC(C)C(OC)C=C1OC. The van der Waals surface area contributed by atoms with E-state index in [2.05, 4.69) is 32.9 Å². The van der Waals surface area contributed by atoms with E-state index in [-0.39, 0.29) is 12.1 Å². The second-order valence-electron chi connectivity index (χ2n) is 6.89. The first-order chi connectivity index (χ1) is 12.8. The van der Waals surface area contributed by atoms with Crippen molar-refractivity contribution in [3.8, 4) is 0 Å². The molecular formula is C21H35NO3S2. The molecule has 4 unspecified atom stereocenters. The molecule has 1 aliphatic rings. The summed E-state index contributed by atoms with van der Waals surface area (Å²) < 4.78 is 16.2. The van der Waals surface area contributed by atoms with E-state index in [4.69, 9.17) is 19.9 Å². The summed E-state index contributed by atoms with van der Waals surface area (Å²) in [4.78, 5) is 0. The first-order valence-corrected chi connectivity index (χ1v) is 11.7. The minimum atomic E-state index is -0.0480. The molecule has 154 valence electrons. The summed E-state index contributed by atoms with van der Waals surface area (Å²) in [7, 11) is 8.79. The molecule has 0 aromatic carbocycles. The van der Waals surface area contributed by atoms with E-state index in [1.54, 1.807) is 21.3 Å². The molecule has 0 saturated carbocycles. The summed E-state index contributed by atoms with van der Waals surface area (Å²) in [5, 5.41) is 0. The molecule has 0 aromatic heterocycles. The maximum atomic E-state index is 6.44. The lowest BCUT2D eigenvalue weighted by molar-refractivity contribution is 0.105. The van der Waals surface area contributed by atoms with Crippen LogP contribution in [0, 0.1) is 11.8 Å². The van der Waals surface area contributed by atoms with Crippen LogP contribution in [-0.2, 0) is 14.2 Å². The maximum absolute atomic E-state index is 6.44. The van der Waals surface area contributed by atoms with E-state index in [1.165, 1.54) is 5.57 Å². The van der Waals surface area contributed by atoms with Crippen LogP contribution in [-0.4, -0.2) is 45.0 Å². The van der Waals surface area contributed by atoms with Gasteiger partial charge >= 0.3 is 0 Å². The molecular weight excluding hydrogens is 378 g/mol. The number of hydrogen-bond acceptors (Lipinski definition) is 6. The van der Waals surface area contributed by atoms with Crippen LogP contribution in [0.4, 0.5) is 0 Å². The summed E-state index contributed by atoms with van der Waals surface area (Å²) in [6.07, 6.45) is 8.41. The quantitative estimate of drug-likeness (QED) is 0.224. The van der Waals surface area contributed by atoms with E-state index < -0.39 is 0 Å². The van der Waals surface area contributed by atoms with Crippen LogP contribution >= 0.6 is 21.6 Å². The molecule has 0 amide bonds. The summed E-state index contributed by atoms with van der Waals surface area (Å²) >= 11 is 0. The van der Waals surface area contributed by atoms with Crippen LogP contribution in [0.25, 0.3) is 0 Å². The lowest BCUT2D eigenvalue weighted by Gasteiger charge is -2.28. The third kappa shape index (κ3) is 7.98. The molecule has 0 heterocycles. The first kappa shape index (κ1) is 24.2. The summed E-state index contributed by atoms with van der Waals surface area (Å²) in [6.45, 7) is 8.51. The highest BCUT2D eigenvalue weighted by Crippen LogP contribution is 2.32. The van der Waals surface area contributed by atoms with Crippen molar-refractivity contribution in [1.82, 2.24) is 0 Å². The summed E-state index contributed by atoms with van der Waals surface area (Å²) in [5.74, 6) is 4.45. The highest BCUT2D eigenvalue weighted by molar-refractivity contribution is 8.76. The zero-order valence-electron chi connectivity index (χ0n) is 17.7. The summed E-state index contributed by atoms with van der Waals surface area (Å²) in [6, 6.07) is -0.0480. The lowest BCUT2D eigenvalue weighted by atomic mass is 9.91. The predicted octanol–water partition coefficient (Wildman–Crippen LogP) is 4.95. The van der Waals surface area contributed by atoms with Crippen LogP contribution in [0.3, 0.4) is 0 Å². The van der Waals surface area contributed by atoms with Crippen molar-refractivity contribution in [2.75, 3.05) is 32.8 Å². The monoisotopic (exact) mass is 413 g/mol. The molecule has 4 atom stereocenters. The van der Waals surface area contributed by atoms with Crippen molar-refractivity contribution in [3.05, 3.63) is 47.0 Å². The predicted molar refractivity (Wildman–Crippen MR) is 120 cm³/mol. The molecule has 2 N–H and O–H groups in total. The fourth-order valence-corrected chi connectivity index (χ4v) is 5.22. The second-order valence-corrected chi connectivity index (χ2v) is 9.44. The molecule has 1 rings (SSSR count). The third-order valence-corrected chi connectivity index (χ3v) is 7.40. The lowest BCUT2D eigenvalue weighted by Crippen LogP contribution is -2.31. The van der Waals surface area contributed by atoms with Crippen molar-refractivity contribution >= 4 is 21.6 Å². The van der Waals surface area contributed by atoms with Gasteiger partial charge in [-0.1, -0.05) is 53.2 Å². The van der Waals surface area contributed by atoms with Crippen molar-refractivity contribution in [2.45, 2.75) is 39.8 Å². The fraction of sp³-hybridized carbons (Fsp3) is 0.619. The fourth-order valence-electron chi connectivity index (χ4n) is 2.61. The number of hydrogen-bond donors (Lipinski definition) is 1. The zero-order chi connectivity index (χ0) is 20.4. The maximum Gasteiger partial charge on any atom is 0.121 e. The number of ether oxygens (including phenoxy) is 3. The molecule has 0 saturated heterocycles. The van der Waals surface area contributed by atoms with Gasteiger partial charge in [-0.05, 0) is 31.9 Å². The van der Waals surface area contributed by atoms with Gasteiger partial charge < -0.3 is 19.9 Å². The van der Waals surface area contributed by atoms with Gasteiger partial charge in [-0.3, -0.25) is 0 Å². The Morgan fingerprint density at radius 3 is 2.41 bits per heavy atom. The molecule has 0 aromatic rings. The molecule has 0 fully saturated rings. The van der Waals surface area contributed by atoms with E-state index in [0.29, 0.717) is 11.8 Å². The van der Waals surface area contributed by atoms with Gasteiger partial charge in [-0.25, -0.2) is 0 Å². The molecule has 6 heteroatoms. The van der Waals surface area contributed by atoms with Gasteiger partial charge in [0.2, 0.25) is 0 Å². The topological polar surface area (TPSA) is 53.7 Å². The standard InChI is InChI=1S/C21H35NO3S2/c1-14(8-9-17(4)23-5)16(3)12-26-27-13-19(22)18-10-15(2)20(24-6)11-21(18)25-7/h8-11,15-16,19-20H,12-13,22H2,1-7H3. The van der Waals surface area contributed by atoms with E-state index in [9.17, 15) is 0 Å². The van der Waals surface area contributed by atoms with Gasteiger partial charge in [0.05, 0.1) is 26.1 Å². The van der Waals surface area contributed by atoms with Crippen molar-refractivity contribution in [2.24, 2.45) is 17.6 Å². The Balaban J connectivity index is 2.49. The number of methoxy groups -OCH3 is 3. The van der Waals surface area contributed by atoms with Gasteiger partial charge in [0.15, 0.2) is 0 Å². The Bertz CT molecular complexity index is 584. The average Bonchev–Trinajstić information content (AvgIpc) is 2.68. The number of rotatable bonds is 11. The number of allylic oxidation sites excluding steroid dienone is 4. The largest absolute Gasteiger partial charge is 0.501 e. The van der Waals surface area contributed by atoms with Crippen LogP contribution in [0.15, 0.2) is 47.0 Å². The van der Waals surface area contributed by atoms with Gasteiger partial charge in [0, 0.05) is 36.1 Å². The van der Waals surface area contributed by atoms with Crippen LogP contribution in [0.1, 0.15) is 27.7 Å². The van der Waals surface area contributed by atoms with E-state index in [0.717, 1.165) is 28.6 Å². The molecule has 0 aliphatic heterocycles. The van der Waals surface area contributed by atoms with Crippen molar-refractivity contribution in [1.29, 1.82) is 0 Å². The molecule has 27 heavy (non-hydrogen) atoms. The van der Waals surface area contributed by atoms with E-state index in [1.807, 2.05) is 40.7 Å². The van der Waals surface area contributed by atoms with Gasteiger partial charge in [0.25, 0.3) is 0 Å². The van der Waals surface area contributed by atoms with Crippen LogP contribution in [0.2, 0.25) is 0 Å². The first-order valence-electron chi connectivity index (χ1n) is 9.23. The summed E-state index contributed by atoms with van der Waals surface area (Å²) in [5.41, 5.74) is 8.87. The van der Waals surface area contributed by atoms with Crippen LogP contribution in [0.5, 0.6) is 0 Å². The average molecular weight is 414 g/mol. The Morgan fingerprint density at radius 2 is 1.81 bits per heavy atom. The molecule has 1 aliphatic carbocycles. The highest BCUT2D eigenvalue weighted by atomic mass is 33.1. The second kappa shape index (κ2) is 12.6. The molecule has 0 radical (unpaired) electrons. The Morgan fingerprint density at radius 1 is 1.15 bits per heavy atom. The zero-order valence-corrected chi connectivity index (χ0v) is 19.3. The van der Waals surface area contributed by atoms with Crippen molar-refractivity contribution in [3.63, 3.8) is 0 Å². The molecule has 0 spiro atoms.